The van der Waals surface area contributed by atoms with Crippen molar-refractivity contribution >= 4 is 5.69 Å². The highest BCUT2D eigenvalue weighted by molar-refractivity contribution is 5.46. The minimum Gasteiger partial charge on any atom is -0.467 e. The Morgan fingerprint density at radius 3 is 2.78 bits per heavy atom. The van der Waals surface area contributed by atoms with Gasteiger partial charge >= 0.3 is 0 Å². The number of hydrogen-bond donors (Lipinski definition) is 1. The molecular weight excluding hydrogens is 231 g/mol. The normalized spacial score (nSPS) is 10.6. The van der Waals surface area contributed by atoms with Crippen LogP contribution in [0.4, 0.5) is 10.1 Å². The summed E-state index contributed by atoms with van der Waals surface area (Å²) in [5.41, 5.74) is 6.38. The summed E-state index contributed by atoms with van der Waals surface area (Å²) in [5, 5.41) is 0. The molecule has 0 fully saturated rings. The molecular formula is C14H17FN2O. The molecule has 2 N–H and O–H groups in total. The standard InChI is InChI=1S/C14H17FN2O/c15-12-4-1-5-13(10-12)17(8-3-7-16)11-14-6-2-9-18-14/h1-2,4-6,9-10H,3,7-8,11,16H2. The maximum Gasteiger partial charge on any atom is 0.125 e. The third-order valence-electron chi connectivity index (χ3n) is 2.73. The smallest absolute Gasteiger partial charge is 0.125 e. The first-order valence-corrected chi connectivity index (χ1v) is 6.02. The lowest BCUT2D eigenvalue weighted by Crippen LogP contribution is -2.25. The van der Waals surface area contributed by atoms with Crippen LogP contribution < -0.4 is 10.6 Å². The lowest BCUT2D eigenvalue weighted by Gasteiger charge is -2.23. The maximum absolute atomic E-state index is 13.3. The fraction of sp³-hybridized carbons (Fsp3) is 0.286. The fourth-order valence-corrected chi connectivity index (χ4v) is 1.85. The predicted molar refractivity (Wildman–Crippen MR) is 69.8 cm³/mol. The molecule has 18 heavy (non-hydrogen) atoms. The van der Waals surface area contributed by atoms with Crippen molar-refractivity contribution in [3.63, 3.8) is 0 Å². The second-order valence-electron chi connectivity index (χ2n) is 4.12. The highest BCUT2D eigenvalue weighted by Crippen LogP contribution is 2.18. The van der Waals surface area contributed by atoms with E-state index in [4.69, 9.17) is 10.2 Å². The average Bonchev–Trinajstić information content (AvgIpc) is 2.87. The largest absolute Gasteiger partial charge is 0.467 e. The number of benzene rings is 1. The summed E-state index contributed by atoms with van der Waals surface area (Å²) < 4.78 is 18.6. The van der Waals surface area contributed by atoms with Crippen LogP contribution in [0.25, 0.3) is 0 Å². The summed E-state index contributed by atoms with van der Waals surface area (Å²) in [6.07, 6.45) is 2.50. The monoisotopic (exact) mass is 248 g/mol. The highest BCUT2D eigenvalue weighted by Gasteiger charge is 2.09. The van der Waals surface area contributed by atoms with Crippen molar-refractivity contribution in [1.29, 1.82) is 0 Å². The van der Waals surface area contributed by atoms with Crippen LogP contribution in [0.15, 0.2) is 47.1 Å². The molecule has 2 rings (SSSR count). The third kappa shape index (κ3) is 3.34. The molecule has 0 amide bonds. The molecule has 1 heterocycles. The number of halogens is 1. The second-order valence-corrected chi connectivity index (χ2v) is 4.12. The zero-order valence-electron chi connectivity index (χ0n) is 10.2. The van der Waals surface area contributed by atoms with Crippen molar-refractivity contribution < 1.29 is 8.81 Å². The van der Waals surface area contributed by atoms with Gasteiger partial charge in [0.05, 0.1) is 12.8 Å². The van der Waals surface area contributed by atoms with Crippen molar-refractivity contribution in [2.24, 2.45) is 5.73 Å². The molecule has 0 radical (unpaired) electrons. The Kier molecular flexibility index (Phi) is 4.36. The van der Waals surface area contributed by atoms with Crippen LogP contribution in [0.1, 0.15) is 12.2 Å². The van der Waals surface area contributed by atoms with Crippen LogP contribution >= 0.6 is 0 Å². The first-order chi connectivity index (χ1) is 8.79. The molecule has 0 spiro atoms. The summed E-state index contributed by atoms with van der Waals surface area (Å²) in [5.74, 6) is 0.626. The van der Waals surface area contributed by atoms with Crippen LogP contribution in [0.3, 0.4) is 0 Å². The summed E-state index contributed by atoms with van der Waals surface area (Å²) in [6, 6.07) is 10.3. The van der Waals surface area contributed by atoms with Gasteiger partial charge in [-0.2, -0.15) is 0 Å². The molecule has 3 nitrogen and oxygen atoms in total. The lowest BCUT2D eigenvalue weighted by atomic mass is 10.2. The first-order valence-electron chi connectivity index (χ1n) is 6.02. The predicted octanol–water partition coefficient (Wildman–Crippen LogP) is 2.77. The van der Waals surface area contributed by atoms with Crippen LogP contribution in [-0.2, 0) is 6.54 Å². The number of nitrogens with two attached hydrogens (primary N) is 1. The van der Waals surface area contributed by atoms with E-state index >= 15 is 0 Å². The Bertz CT molecular complexity index is 470. The molecule has 0 saturated heterocycles. The molecule has 1 aromatic carbocycles. The van der Waals surface area contributed by atoms with E-state index in [0.717, 1.165) is 24.4 Å². The van der Waals surface area contributed by atoms with Crippen LogP contribution in [0.5, 0.6) is 0 Å². The molecule has 96 valence electrons. The molecule has 4 heteroatoms. The molecule has 0 atom stereocenters. The molecule has 1 aromatic heterocycles. The van der Waals surface area contributed by atoms with Gasteiger partial charge in [0.1, 0.15) is 11.6 Å². The van der Waals surface area contributed by atoms with Gasteiger partial charge in [-0.15, -0.1) is 0 Å². The van der Waals surface area contributed by atoms with E-state index in [1.54, 1.807) is 12.3 Å². The van der Waals surface area contributed by atoms with Gasteiger partial charge in [0, 0.05) is 12.2 Å². The van der Waals surface area contributed by atoms with Gasteiger partial charge < -0.3 is 15.1 Å². The van der Waals surface area contributed by atoms with Gasteiger partial charge in [-0.3, -0.25) is 0 Å². The maximum atomic E-state index is 13.3. The van der Waals surface area contributed by atoms with Gasteiger partial charge in [0.15, 0.2) is 0 Å². The molecule has 0 aliphatic heterocycles. The number of rotatable bonds is 6. The van der Waals surface area contributed by atoms with E-state index in [2.05, 4.69) is 4.90 Å². The van der Waals surface area contributed by atoms with Crippen LogP contribution in [0, 0.1) is 5.82 Å². The van der Waals surface area contributed by atoms with Crippen molar-refractivity contribution in [3.8, 4) is 0 Å². The third-order valence-corrected chi connectivity index (χ3v) is 2.73. The van der Waals surface area contributed by atoms with Crippen molar-refractivity contribution in [1.82, 2.24) is 0 Å². The molecule has 2 aromatic rings. The zero-order valence-corrected chi connectivity index (χ0v) is 10.2. The number of furan rings is 1. The first kappa shape index (κ1) is 12.6. The lowest BCUT2D eigenvalue weighted by molar-refractivity contribution is 0.500. The van der Waals surface area contributed by atoms with Crippen molar-refractivity contribution in [3.05, 3.63) is 54.2 Å². The minimum atomic E-state index is -0.232. The van der Waals surface area contributed by atoms with Crippen molar-refractivity contribution in [2.45, 2.75) is 13.0 Å². The topological polar surface area (TPSA) is 42.4 Å². The highest BCUT2D eigenvalue weighted by atomic mass is 19.1. The Hall–Kier alpha value is -1.81. The van der Waals surface area contributed by atoms with Crippen molar-refractivity contribution in [2.75, 3.05) is 18.0 Å². The van der Waals surface area contributed by atoms with E-state index in [1.165, 1.54) is 12.1 Å². The summed E-state index contributed by atoms with van der Waals surface area (Å²) >= 11 is 0. The van der Waals surface area contributed by atoms with E-state index in [-0.39, 0.29) is 5.82 Å². The SMILES string of the molecule is NCCCN(Cc1ccco1)c1cccc(F)c1. The van der Waals surface area contributed by atoms with E-state index in [9.17, 15) is 4.39 Å². The Labute approximate surface area is 106 Å². The number of nitrogens with zero attached hydrogens (tertiary/aromatic N) is 1. The van der Waals surface area contributed by atoms with Gasteiger partial charge in [-0.1, -0.05) is 6.07 Å². The Balaban J connectivity index is 2.13. The summed E-state index contributed by atoms with van der Waals surface area (Å²) in [7, 11) is 0. The second kappa shape index (κ2) is 6.21. The zero-order chi connectivity index (χ0) is 12.8. The number of anilines is 1. The van der Waals surface area contributed by atoms with Gasteiger partial charge in [-0.25, -0.2) is 4.39 Å². The molecule has 0 aliphatic carbocycles. The minimum absolute atomic E-state index is 0.232. The van der Waals surface area contributed by atoms with Gasteiger partial charge in [0.2, 0.25) is 0 Å². The Morgan fingerprint density at radius 1 is 1.22 bits per heavy atom. The summed E-state index contributed by atoms with van der Waals surface area (Å²) in [4.78, 5) is 2.06. The summed E-state index contributed by atoms with van der Waals surface area (Å²) in [6.45, 7) is 2.01. The van der Waals surface area contributed by atoms with E-state index < -0.39 is 0 Å². The quantitative estimate of drug-likeness (QED) is 0.854. The molecule has 0 aliphatic rings. The van der Waals surface area contributed by atoms with E-state index in [1.807, 2.05) is 18.2 Å². The number of hydrogen-bond acceptors (Lipinski definition) is 3. The van der Waals surface area contributed by atoms with Crippen LogP contribution in [-0.4, -0.2) is 13.1 Å². The van der Waals surface area contributed by atoms with Crippen LogP contribution in [0.2, 0.25) is 0 Å². The Morgan fingerprint density at radius 2 is 2.11 bits per heavy atom. The molecule has 0 saturated carbocycles. The van der Waals surface area contributed by atoms with Gasteiger partial charge in [0.25, 0.3) is 0 Å². The molecule has 0 unspecified atom stereocenters. The average molecular weight is 248 g/mol. The fourth-order valence-electron chi connectivity index (χ4n) is 1.85. The molecule has 0 bridgehead atoms. The van der Waals surface area contributed by atoms with E-state index in [0.29, 0.717) is 13.1 Å². The van der Waals surface area contributed by atoms with Gasteiger partial charge in [-0.05, 0) is 43.3 Å².